The quantitative estimate of drug-likeness (QED) is 0.473. The van der Waals surface area contributed by atoms with Crippen LogP contribution < -0.4 is 0 Å². The first kappa shape index (κ1) is 6.74. The summed E-state index contributed by atoms with van der Waals surface area (Å²) in [6, 6.07) is 0. The number of allylic oxidation sites excluding steroid dienone is 2. The van der Waals surface area contributed by atoms with Gasteiger partial charge in [-0.1, -0.05) is 25.5 Å². The molecule has 2 radical (unpaired) electrons. The van der Waals surface area contributed by atoms with Crippen molar-refractivity contribution >= 4 is 0 Å². The number of rotatable bonds is 3. The summed E-state index contributed by atoms with van der Waals surface area (Å²) in [5.41, 5.74) is 0. The smallest absolute Gasteiger partial charge is 0.0311 e. The van der Waals surface area contributed by atoms with Crippen molar-refractivity contribution in [3.63, 3.8) is 0 Å². The second-order valence-corrected chi connectivity index (χ2v) is 1.50. The van der Waals surface area contributed by atoms with Gasteiger partial charge in [-0.05, 0) is 19.8 Å². The second-order valence-electron chi connectivity index (χ2n) is 1.50. The van der Waals surface area contributed by atoms with E-state index in [2.05, 4.69) is 13.0 Å². The summed E-state index contributed by atoms with van der Waals surface area (Å²) in [6.07, 6.45) is 7.16. The molecule has 0 fully saturated rings. The summed E-state index contributed by atoms with van der Waals surface area (Å²) >= 11 is 0. The molecular formula is C7H12. The lowest BCUT2D eigenvalue weighted by molar-refractivity contribution is 0.954. The van der Waals surface area contributed by atoms with E-state index in [0.717, 1.165) is 6.42 Å². The fourth-order valence-electron chi connectivity index (χ4n) is 0.381. The Bertz CT molecular complexity index is 44.0. The molecule has 0 heteroatoms. The first-order valence-electron chi connectivity index (χ1n) is 2.77. The monoisotopic (exact) mass is 96.1 g/mol. The van der Waals surface area contributed by atoms with Crippen molar-refractivity contribution in [3.05, 3.63) is 19.1 Å². The highest BCUT2D eigenvalue weighted by Gasteiger charge is 1.68. The van der Waals surface area contributed by atoms with Crippen molar-refractivity contribution in [1.82, 2.24) is 0 Å². The Morgan fingerprint density at radius 2 is 2.14 bits per heavy atom. The number of hydrogen-bond donors (Lipinski definition) is 0. The van der Waals surface area contributed by atoms with E-state index in [0.29, 0.717) is 6.42 Å². The fraction of sp³-hybridized carbons (Fsp3) is 0.571. The van der Waals surface area contributed by atoms with E-state index in [9.17, 15) is 0 Å². The minimum atomic E-state index is 0.681. The average Bonchev–Trinajstić information content (AvgIpc) is 1.69. The molecule has 0 atom stereocenters. The summed E-state index contributed by atoms with van der Waals surface area (Å²) in [5, 5.41) is 0. The highest BCUT2D eigenvalue weighted by Crippen LogP contribution is 1.88. The molecule has 0 bridgehead atoms. The Hall–Kier alpha value is -0.260. The van der Waals surface area contributed by atoms with Gasteiger partial charge in [0.1, 0.15) is 0 Å². The van der Waals surface area contributed by atoms with Crippen molar-refractivity contribution < 1.29 is 0 Å². The Morgan fingerprint density at radius 3 is 2.57 bits per heavy atom. The van der Waals surface area contributed by atoms with Crippen LogP contribution in [-0.4, -0.2) is 0 Å². The standard InChI is InChI=1S/C7H12/c1-3-5-7-6-4-2/h1,5,7H,3-4,6H2,2H3/b7-5+. The van der Waals surface area contributed by atoms with E-state index in [1.165, 1.54) is 6.42 Å². The van der Waals surface area contributed by atoms with E-state index >= 15 is 0 Å². The van der Waals surface area contributed by atoms with Gasteiger partial charge >= 0.3 is 0 Å². The Kier molecular flexibility index (Phi) is 5.53. The van der Waals surface area contributed by atoms with E-state index < -0.39 is 0 Å². The number of unbranched alkanes of at least 4 members (excludes halogenated alkanes) is 1. The molecule has 0 aliphatic rings. The molecule has 0 aliphatic heterocycles. The third-order valence-electron chi connectivity index (χ3n) is 0.758. The van der Waals surface area contributed by atoms with Crippen molar-refractivity contribution in [2.45, 2.75) is 26.2 Å². The average molecular weight is 96.2 g/mol. The van der Waals surface area contributed by atoms with Gasteiger partial charge in [-0.2, -0.15) is 0 Å². The van der Waals surface area contributed by atoms with Crippen LogP contribution in [0.1, 0.15) is 26.2 Å². The normalized spacial score (nSPS) is 10.6. The van der Waals surface area contributed by atoms with Crippen molar-refractivity contribution in [3.8, 4) is 0 Å². The molecule has 0 aromatic heterocycles. The van der Waals surface area contributed by atoms with Crippen LogP contribution in [0.3, 0.4) is 0 Å². The highest BCUT2D eigenvalue weighted by molar-refractivity contribution is 4.81. The molecule has 0 nitrogen and oxygen atoms in total. The van der Waals surface area contributed by atoms with Gasteiger partial charge in [0, 0.05) is 0 Å². The van der Waals surface area contributed by atoms with E-state index in [4.69, 9.17) is 6.92 Å². The molecule has 0 saturated carbocycles. The van der Waals surface area contributed by atoms with E-state index in [-0.39, 0.29) is 0 Å². The fourth-order valence-corrected chi connectivity index (χ4v) is 0.381. The molecular weight excluding hydrogens is 84.1 g/mol. The van der Waals surface area contributed by atoms with Crippen LogP contribution in [-0.2, 0) is 0 Å². The lowest BCUT2D eigenvalue weighted by Gasteiger charge is -1.79. The third-order valence-corrected chi connectivity index (χ3v) is 0.758. The molecule has 0 rings (SSSR count). The first-order chi connectivity index (χ1) is 3.41. The molecule has 0 aromatic carbocycles. The molecule has 40 valence electrons. The lowest BCUT2D eigenvalue weighted by Crippen LogP contribution is -1.59. The first-order valence-corrected chi connectivity index (χ1v) is 2.77. The summed E-state index contributed by atoms with van der Waals surface area (Å²) in [7, 11) is 0. The number of hydrogen-bond acceptors (Lipinski definition) is 0. The maximum absolute atomic E-state index is 5.18. The van der Waals surface area contributed by atoms with Gasteiger partial charge in [0.25, 0.3) is 0 Å². The van der Waals surface area contributed by atoms with Gasteiger partial charge in [-0.15, -0.1) is 0 Å². The molecule has 0 spiro atoms. The Morgan fingerprint density at radius 1 is 1.43 bits per heavy atom. The van der Waals surface area contributed by atoms with Crippen LogP contribution in [0.5, 0.6) is 0 Å². The molecule has 0 unspecified atom stereocenters. The molecule has 0 heterocycles. The predicted molar refractivity (Wildman–Crippen MR) is 33.0 cm³/mol. The van der Waals surface area contributed by atoms with E-state index in [1.807, 2.05) is 6.08 Å². The van der Waals surface area contributed by atoms with E-state index in [1.54, 1.807) is 0 Å². The predicted octanol–water partition coefficient (Wildman–Crippen LogP) is 2.44. The van der Waals surface area contributed by atoms with Gasteiger partial charge in [-0.25, -0.2) is 0 Å². The SMILES string of the molecule is [CH]C/C=C/CCC. The summed E-state index contributed by atoms with van der Waals surface area (Å²) < 4.78 is 0. The lowest BCUT2D eigenvalue weighted by atomic mass is 10.3. The second kappa shape index (κ2) is 5.74. The van der Waals surface area contributed by atoms with Crippen LogP contribution in [0.25, 0.3) is 0 Å². The maximum Gasteiger partial charge on any atom is -0.0311 e. The van der Waals surface area contributed by atoms with Gasteiger partial charge in [0.15, 0.2) is 0 Å². The zero-order valence-electron chi connectivity index (χ0n) is 4.85. The zero-order chi connectivity index (χ0) is 5.54. The van der Waals surface area contributed by atoms with Gasteiger partial charge < -0.3 is 0 Å². The molecule has 0 aromatic rings. The molecule has 0 amide bonds. The van der Waals surface area contributed by atoms with Gasteiger partial charge in [0.2, 0.25) is 0 Å². The van der Waals surface area contributed by atoms with Gasteiger partial charge in [0.05, 0.1) is 0 Å². The molecule has 0 N–H and O–H groups in total. The van der Waals surface area contributed by atoms with Crippen LogP contribution in [0, 0.1) is 6.92 Å². The van der Waals surface area contributed by atoms with Crippen LogP contribution >= 0.6 is 0 Å². The van der Waals surface area contributed by atoms with Crippen LogP contribution in [0.15, 0.2) is 12.2 Å². The Labute approximate surface area is 46.2 Å². The maximum atomic E-state index is 5.18. The minimum absolute atomic E-state index is 0.681. The third kappa shape index (κ3) is 5.74. The largest absolute Gasteiger partial charge is 0.0885 e. The molecule has 0 saturated heterocycles. The van der Waals surface area contributed by atoms with Crippen molar-refractivity contribution in [2.75, 3.05) is 0 Å². The Balaban J connectivity index is 2.78. The summed E-state index contributed by atoms with van der Waals surface area (Å²) in [6.45, 7) is 7.34. The minimum Gasteiger partial charge on any atom is -0.0885 e. The molecule has 7 heavy (non-hydrogen) atoms. The summed E-state index contributed by atoms with van der Waals surface area (Å²) in [5.74, 6) is 0. The summed E-state index contributed by atoms with van der Waals surface area (Å²) in [4.78, 5) is 0. The zero-order valence-corrected chi connectivity index (χ0v) is 4.85. The molecule has 0 aliphatic carbocycles. The van der Waals surface area contributed by atoms with Gasteiger partial charge in [-0.3, -0.25) is 0 Å². The van der Waals surface area contributed by atoms with Crippen molar-refractivity contribution in [2.24, 2.45) is 0 Å². The highest BCUT2D eigenvalue weighted by atomic mass is 13.7. The van der Waals surface area contributed by atoms with Crippen molar-refractivity contribution in [1.29, 1.82) is 0 Å². The topological polar surface area (TPSA) is 0 Å². The van der Waals surface area contributed by atoms with Crippen LogP contribution in [0.4, 0.5) is 0 Å². The van der Waals surface area contributed by atoms with Crippen LogP contribution in [0.2, 0.25) is 0 Å².